The van der Waals surface area contributed by atoms with Gasteiger partial charge in [0.2, 0.25) is 0 Å². The smallest absolute Gasteiger partial charge is 0.166 e. The quantitative estimate of drug-likeness (QED) is 0.913. The summed E-state index contributed by atoms with van der Waals surface area (Å²) >= 11 is 0. The number of halogens is 1. The topological polar surface area (TPSA) is 30.5 Å². The fraction of sp³-hybridized carbons (Fsp3) is 0.600. The van der Waals surface area contributed by atoms with E-state index in [1.165, 1.54) is 0 Å². The van der Waals surface area contributed by atoms with Crippen LogP contribution in [0.2, 0.25) is 0 Å². The van der Waals surface area contributed by atoms with Crippen LogP contribution in [0.1, 0.15) is 35.4 Å². The highest BCUT2D eigenvalue weighted by atomic mass is 19.1. The van der Waals surface area contributed by atoms with Gasteiger partial charge in [-0.2, -0.15) is 0 Å². The lowest BCUT2D eigenvalue weighted by molar-refractivity contribution is 0.338. The highest BCUT2D eigenvalue weighted by Crippen LogP contribution is 2.44. The number of piperidine rings is 1. The molecule has 1 aliphatic rings. The zero-order valence-electron chi connectivity index (χ0n) is 12.1. The van der Waals surface area contributed by atoms with Gasteiger partial charge in [-0.1, -0.05) is 0 Å². The normalized spacial score (nSPS) is 16.5. The Bertz CT molecular complexity index is 468. The molecule has 0 spiro atoms. The molecule has 0 aliphatic carbocycles. The molecule has 106 valence electrons. The van der Waals surface area contributed by atoms with Crippen molar-refractivity contribution in [2.75, 3.05) is 27.3 Å². The summed E-state index contributed by atoms with van der Waals surface area (Å²) in [7, 11) is 3.19. The van der Waals surface area contributed by atoms with Crippen LogP contribution in [0.3, 0.4) is 0 Å². The number of hydrogen-bond donors (Lipinski definition) is 1. The second kappa shape index (κ2) is 5.78. The number of hydrogen-bond acceptors (Lipinski definition) is 3. The van der Waals surface area contributed by atoms with Gasteiger partial charge >= 0.3 is 0 Å². The summed E-state index contributed by atoms with van der Waals surface area (Å²) in [5.74, 6) is 1.39. The SMILES string of the molecule is COc1c(C)c(F)c(C)c(C2CCNCC2)c1OC. The summed E-state index contributed by atoms with van der Waals surface area (Å²) < 4.78 is 25.2. The molecular formula is C15H22FNO2. The van der Waals surface area contributed by atoms with Crippen LogP contribution in [0.5, 0.6) is 11.5 Å². The first-order chi connectivity index (χ1) is 9.11. The van der Waals surface area contributed by atoms with Gasteiger partial charge in [0.05, 0.1) is 14.2 Å². The van der Waals surface area contributed by atoms with Crippen molar-refractivity contribution in [2.24, 2.45) is 0 Å². The van der Waals surface area contributed by atoms with Crippen LogP contribution < -0.4 is 14.8 Å². The predicted molar refractivity (Wildman–Crippen MR) is 73.8 cm³/mol. The summed E-state index contributed by atoms with van der Waals surface area (Å²) in [5.41, 5.74) is 2.19. The Balaban J connectivity index is 2.59. The van der Waals surface area contributed by atoms with E-state index < -0.39 is 0 Å². The van der Waals surface area contributed by atoms with Gasteiger partial charge in [0, 0.05) is 11.1 Å². The molecule has 2 rings (SSSR count). The zero-order chi connectivity index (χ0) is 14.0. The van der Waals surface area contributed by atoms with Crippen molar-refractivity contribution in [3.8, 4) is 11.5 Å². The van der Waals surface area contributed by atoms with Gasteiger partial charge in [-0.3, -0.25) is 0 Å². The first-order valence-corrected chi connectivity index (χ1v) is 6.73. The Kier molecular flexibility index (Phi) is 4.30. The van der Waals surface area contributed by atoms with E-state index in [9.17, 15) is 4.39 Å². The number of benzene rings is 1. The summed E-state index contributed by atoms with van der Waals surface area (Å²) in [6, 6.07) is 0. The number of ether oxygens (including phenoxy) is 2. The third kappa shape index (κ3) is 2.41. The molecule has 1 aliphatic heterocycles. The molecular weight excluding hydrogens is 245 g/mol. The lowest BCUT2D eigenvalue weighted by atomic mass is 9.85. The maximum Gasteiger partial charge on any atom is 0.166 e. The maximum atomic E-state index is 14.4. The zero-order valence-corrected chi connectivity index (χ0v) is 12.1. The van der Waals surface area contributed by atoms with Crippen molar-refractivity contribution < 1.29 is 13.9 Å². The van der Waals surface area contributed by atoms with Crippen molar-refractivity contribution in [1.29, 1.82) is 0 Å². The minimum absolute atomic E-state index is 0.175. The molecule has 4 heteroatoms. The molecule has 0 radical (unpaired) electrons. The first-order valence-electron chi connectivity index (χ1n) is 6.73. The maximum absolute atomic E-state index is 14.4. The average molecular weight is 267 g/mol. The van der Waals surface area contributed by atoms with Crippen LogP contribution in [0.4, 0.5) is 4.39 Å². The van der Waals surface area contributed by atoms with E-state index in [1.54, 1.807) is 21.1 Å². The van der Waals surface area contributed by atoms with Gasteiger partial charge in [-0.15, -0.1) is 0 Å². The molecule has 1 heterocycles. The molecule has 1 N–H and O–H groups in total. The summed E-state index contributed by atoms with van der Waals surface area (Å²) in [6.45, 7) is 5.49. The minimum atomic E-state index is -0.175. The molecule has 1 saturated heterocycles. The fourth-order valence-electron chi connectivity index (χ4n) is 3.01. The van der Waals surface area contributed by atoms with Crippen LogP contribution in [0.15, 0.2) is 0 Å². The molecule has 0 bridgehead atoms. The molecule has 3 nitrogen and oxygen atoms in total. The van der Waals surface area contributed by atoms with Crippen LogP contribution >= 0.6 is 0 Å². The molecule has 19 heavy (non-hydrogen) atoms. The predicted octanol–water partition coefficient (Wildman–Crippen LogP) is 2.93. The van der Waals surface area contributed by atoms with Gasteiger partial charge in [-0.25, -0.2) is 4.39 Å². The van der Waals surface area contributed by atoms with Crippen LogP contribution in [0, 0.1) is 19.7 Å². The summed E-state index contributed by atoms with van der Waals surface area (Å²) in [5, 5.41) is 3.33. The molecule has 0 aromatic heterocycles. The van der Waals surface area contributed by atoms with E-state index in [0.29, 0.717) is 28.5 Å². The summed E-state index contributed by atoms with van der Waals surface area (Å²) in [6.07, 6.45) is 2.01. The standard InChI is InChI=1S/C15H22FNO2/c1-9-12(11-5-7-17-8-6-11)15(19-4)14(18-3)10(2)13(9)16/h11,17H,5-8H2,1-4H3. The van der Waals surface area contributed by atoms with Gasteiger partial charge in [0.25, 0.3) is 0 Å². The summed E-state index contributed by atoms with van der Waals surface area (Å²) in [4.78, 5) is 0. The minimum Gasteiger partial charge on any atom is -0.493 e. The lowest BCUT2D eigenvalue weighted by Crippen LogP contribution is -2.27. The molecule has 1 fully saturated rings. The van der Waals surface area contributed by atoms with Crippen molar-refractivity contribution in [3.63, 3.8) is 0 Å². The van der Waals surface area contributed by atoms with Crippen LogP contribution in [0.25, 0.3) is 0 Å². The Morgan fingerprint density at radius 2 is 1.58 bits per heavy atom. The van der Waals surface area contributed by atoms with Crippen molar-refractivity contribution in [3.05, 3.63) is 22.5 Å². The fourth-order valence-corrected chi connectivity index (χ4v) is 3.01. The molecule has 0 atom stereocenters. The van der Waals surface area contributed by atoms with Crippen LogP contribution in [-0.4, -0.2) is 27.3 Å². The number of rotatable bonds is 3. The number of nitrogens with one attached hydrogen (secondary N) is 1. The van der Waals surface area contributed by atoms with E-state index in [1.807, 2.05) is 6.92 Å². The van der Waals surface area contributed by atoms with E-state index in [-0.39, 0.29) is 5.82 Å². The second-order valence-corrected chi connectivity index (χ2v) is 5.07. The Morgan fingerprint density at radius 3 is 2.11 bits per heavy atom. The highest BCUT2D eigenvalue weighted by Gasteiger charge is 2.27. The van der Waals surface area contributed by atoms with Crippen molar-refractivity contribution in [2.45, 2.75) is 32.6 Å². The third-order valence-electron chi connectivity index (χ3n) is 4.01. The van der Waals surface area contributed by atoms with Gasteiger partial charge in [0.15, 0.2) is 11.5 Å². The van der Waals surface area contributed by atoms with E-state index in [0.717, 1.165) is 31.5 Å². The largest absolute Gasteiger partial charge is 0.493 e. The first kappa shape index (κ1) is 14.1. The molecule has 0 saturated carbocycles. The third-order valence-corrected chi connectivity index (χ3v) is 4.01. The molecule has 0 amide bonds. The molecule has 1 aromatic rings. The van der Waals surface area contributed by atoms with Crippen LogP contribution in [-0.2, 0) is 0 Å². The monoisotopic (exact) mass is 267 g/mol. The van der Waals surface area contributed by atoms with Gasteiger partial charge in [-0.05, 0) is 51.3 Å². The second-order valence-electron chi connectivity index (χ2n) is 5.07. The van der Waals surface area contributed by atoms with E-state index >= 15 is 0 Å². The average Bonchev–Trinajstić information content (AvgIpc) is 2.45. The van der Waals surface area contributed by atoms with Crippen molar-refractivity contribution in [1.82, 2.24) is 5.32 Å². The lowest BCUT2D eigenvalue weighted by Gasteiger charge is -2.28. The Hall–Kier alpha value is -1.29. The van der Waals surface area contributed by atoms with E-state index in [4.69, 9.17) is 9.47 Å². The number of methoxy groups -OCH3 is 2. The molecule has 1 aromatic carbocycles. The Labute approximate surface area is 114 Å². The van der Waals surface area contributed by atoms with Gasteiger partial charge in [0.1, 0.15) is 5.82 Å². The highest BCUT2D eigenvalue weighted by molar-refractivity contribution is 5.57. The van der Waals surface area contributed by atoms with Crippen molar-refractivity contribution >= 4 is 0 Å². The molecule has 0 unspecified atom stereocenters. The Morgan fingerprint density at radius 1 is 1.00 bits per heavy atom. The van der Waals surface area contributed by atoms with Gasteiger partial charge < -0.3 is 14.8 Å². The van der Waals surface area contributed by atoms with E-state index in [2.05, 4.69) is 5.32 Å².